The van der Waals surface area contributed by atoms with Crippen molar-refractivity contribution < 1.29 is 0 Å². The van der Waals surface area contributed by atoms with Crippen molar-refractivity contribution in [3.63, 3.8) is 0 Å². The van der Waals surface area contributed by atoms with Crippen LogP contribution in [0.3, 0.4) is 0 Å². The number of hydrogen-bond acceptors (Lipinski definition) is 4. The summed E-state index contributed by atoms with van der Waals surface area (Å²) in [4.78, 5) is 4.52. The molecule has 1 heterocycles. The van der Waals surface area contributed by atoms with Gasteiger partial charge in [-0.15, -0.1) is 0 Å². The van der Waals surface area contributed by atoms with E-state index in [-0.39, 0.29) is 0 Å². The van der Waals surface area contributed by atoms with Crippen LogP contribution in [0.25, 0.3) is 10.9 Å². The Kier molecular flexibility index (Phi) is 4.06. The molecule has 0 aliphatic heterocycles. The number of aromatic nitrogens is 1. The lowest BCUT2D eigenvalue weighted by atomic mass is 10.1. The van der Waals surface area contributed by atoms with Crippen molar-refractivity contribution >= 4 is 28.5 Å². The number of nitrogens with zero attached hydrogens (tertiary/aromatic N) is 2. The van der Waals surface area contributed by atoms with Gasteiger partial charge in [0.15, 0.2) is 0 Å². The van der Waals surface area contributed by atoms with Crippen LogP contribution < -0.4 is 5.32 Å². The molecule has 0 bridgehead atoms. The molecule has 2 aromatic rings. The number of fused-ring (bicyclic) bond motifs is 1. The highest BCUT2D eigenvalue weighted by Crippen LogP contribution is 2.20. The van der Waals surface area contributed by atoms with E-state index in [4.69, 9.17) is 0 Å². The molecule has 0 aliphatic rings. The largest absolute Gasteiger partial charge is 0.369 e. The van der Waals surface area contributed by atoms with Crippen LogP contribution in [0.1, 0.15) is 12.5 Å². The molecule has 0 saturated carbocycles. The van der Waals surface area contributed by atoms with Gasteiger partial charge in [0.25, 0.3) is 0 Å². The normalized spacial score (nSPS) is 12.1. The number of hydrogen-bond donors (Lipinski definition) is 1. The minimum atomic E-state index is 0.517. The number of para-hydroxylation sites is 1. The number of nitriles is 1. The molecule has 1 aromatic heterocycles. The lowest BCUT2D eigenvalue weighted by molar-refractivity contribution is 0.994. The molecule has 2 rings (SSSR count). The Morgan fingerprint density at radius 2 is 2.22 bits per heavy atom. The minimum absolute atomic E-state index is 0.517. The lowest BCUT2D eigenvalue weighted by Gasteiger charge is -2.11. The summed E-state index contributed by atoms with van der Waals surface area (Å²) < 4.78 is 0. The van der Waals surface area contributed by atoms with E-state index in [0.717, 1.165) is 23.3 Å². The van der Waals surface area contributed by atoms with E-state index in [1.54, 1.807) is 11.8 Å². The van der Waals surface area contributed by atoms with Crippen molar-refractivity contribution in [3.05, 3.63) is 35.9 Å². The molecule has 1 unspecified atom stereocenters. The number of thioether (sulfide) groups is 1. The van der Waals surface area contributed by atoms with Gasteiger partial charge in [-0.2, -0.15) is 17.0 Å². The molecule has 3 nitrogen and oxygen atoms in total. The van der Waals surface area contributed by atoms with Gasteiger partial charge < -0.3 is 5.32 Å². The van der Waals surface area contributed by atoms with Gasteiger partial charge in [0.1, 0.15) is 5.82 Å². The molecule has 1 aromatic carbocycles. The van der Waals surface area contributed by atoms with Crippen LogP contribution in [0.4, 0.5) is 5.82 Å². The fraction of sp³-hybridized carbons (Fsp3) is 0.286. The number of benzene rings is 1. The van der Waals surface area contributed by atoms with Gasteiger partial charge in [-0.1, -0.05) is 25.1 Å². The molecular formula is C14H15N3S. The van der Waals surface area contributed by atoms with Crippen LogP contribution in [0.2, 0.25) is 0 Å². The predicted molar refractivity (Wildman–Crippen MR) is 77.9 cm³/mol. The molecule has 18 heavy (non-hydrogen) atoms. The maximum absolute atomic E-state index is 9.17. The van der Waals surface area contributed by atoms with Crippen LogP contribution in [0.5, 0.6) is 0 Å². The summed E-state index contributed by atoms with van der Waals surface area (Å²) in [6.45, 7) is 3.00. The molecule has 0 saturated heterocycles. The number of pyridine rings is 1. The Morgan fingerprint density at radius 1 is 1.44 bits per heavy atom. The first-order valence-corrected chi connectivity index (χ1v) is 7.10. The highest BCUT2D eigenvalue weighted by molar-refractivity contribution is 7.99. The molecule has 1 N–H and O–H groups in total. The summed E-state index contributed by atoms with van der Waals surface area (Å²) in [5.41, 5.74) is 1.52. The number of nitrogens with one attached hydrogen (secondary N) is 1. The summed E-state index contributed by atoms with van der Waals surface area (Å²) in [6, 6.07) is 11.8. The van der Waals surface area contributed by atoms with Crippen LogP contribution >= 0.6 is 11.8 Å². The van der Waals surface area contributed by atoms with Gasteiger partial charge in [-0.3, -0.25) is 0 Å². The highest BCUT2D eigenvalue weighted by atomic mass is 32.2. The molecule has 0 amide bonds. The van der Waals surface area contributed by atoms with Crippen LogP contribution in [0, 0.1) is 11.3 Å². The van der Waals surface area contributed by atoms with Crippen molar-refractivity contribution in [1.82, 2.24) is 4.98 Å². The van der Waals surface area contributed by atoms with E-state index < -0.39 is 0 Å². The smallest absolute Gasteiger partial charge is 0.128 e. The van der Waals surface area contributed by atoms with Gasteiger partial charge in [-0.25, -0.2) is 4.98 Å². The average Bonchev–Trinajstić information content (AvgIpc) is 2.43. The summed E-state index contributed by atoms with van der Waals surface area (Å²) >= 11 is 1.80. The maximum Gasteiger partial charge on any atom is 0.128 e. The minimum Gasteiger partial charge on any atom is -0.369 e. The topological polar surface area (TPSA) is 48.7 Å². The molecule has 0 fully saturated rings. The van der Waals surface area contributed by atoms with Gasteiger partial charge in [-0.05, 0) is 18.4 Å². The third-order valence-corrected chi connectivity index (χ3v) is 3.78. The predicted octanol–water partition coefficient (Wildman–Crippen LogP) is 3.27. The maximum atomic E-state index is 9.17. The first kappa shape index (κ1) is 12.7. The van der Waals surface area contributed by atoms with Gasteiger partial charge in [0.05, 0.1) is 17.1 Å². The molecular weight excluding hydrogens is 242 g/mol. The van der Waals surface area contributed by atoms with Crippen molar-refractivity contribution in [2.24, 2.45) is 0 Å². The molecule has 1 atom stereocenters. The second-order valence-electron chi connectivity index (χ2n) is 4.11. The van der Waals surface area contributed by atoms with E-state index in [1.165, 1.54) is 0 Å². The fourth-order valence-corrected chi connectivity index (χ4v) is 1.94. The third-order valence-electron chi connectivity index (χ3n) is 2.81. The van der Waals surface area contributed by atoms with Crippen LogP contribution in [0.15, 0.2) is 30.3 Å². The third kappa shape index (κ3) is 2.74. The molecule has 92 valence electrons. The average molecular weight is 257 g/mol. The van der Waals surface area contributed by atoms with Crippen molar-refractivity contribution in [2.75, 3.05) is 18.1 Å². The zero-order valence-corrected chi connectivity index (χ0v) is 11.3. The lowest BCUT2D eigenvalue weighted by Crippen LogP contribution is -2.13. The van der Waals surface area contributed by atoms with E-state index in [9.17, 15) is 5.26 Å². The van der Waals surface area contributed by atoms with Crippen LogP contribution in [-0.4, -0.2) is 23.0 Å². The van der Waals surface area contributed by atoms with E-state index in [2.05, 4.69) is 29.5 Å². The fourth-order valence-electron chi connectivity index (χ4n) is 1.69. The molecule has 4 heteroatoms. The zero-order chi connectivity index (χ0) is 13.0. The first-order valence-electron chi connectivity index (χ1n) is 5.81. The first-order chi connectivity index (χ1) is 8.74. The second-order valence-corrected chi connectivity index (χ2v) is 5.39. The Balaban J connectivity index is 2.33. The standard InChI is InChI=1S/C14H15N3S/c1-10(18-2)9-16-14-7-11(8-15)12-5-3-4-6-13(12)17-14/h3-7,10H,9H2,1-2H3,(H,16,17). The van der Waals surface area contributed by atoms with Gasteiger partial charge in [0.2, 0.25) is 0 Å². The Bertz CT molecular complexity index is 589. The van der Waals surface area contributed by atoms with Gasteiger partial charge in [0, 0.05) is 17.2 Å². The monoisotopic (exact) mass is 257 g/mol. The number of anilines is 1. The Labute approximate surface area is 111 Å². The second kappa shape index (κ2) is 5.74. The summed E-state index contributed by atoms with van der Waals surface area (Å²) in [7, 11) is 0. The van der Waals surface area contributed by atoms with E-state index >= 15 is 0 Å². The zero-order valence-electron chi connectivity index (χ0n) is 10.5. The quantitative estimate of drug-likeness (QED) is 0.913. The highest BCUT2D eigenvalue weighted by Gasteiger charge is 2.05. The van der Waals surface area contributed by atoms with Crippen molar-refractivity contribution in [3.8, 4) is 6.07 Å². The Hall–Kier alpha value is -1.73. The molecule has 0 radical (unpaired) electrons. The Morgan fingerprint density at radius 3 is 2.94 bits per heavy atom. The van der Waals surface area contributed by atoms with E-state index in [0.29, 0.717) is 10.8 Å². The van der Waals surface area contributed by atoms with Crippen LogP contribution in [-0.2, 0) is 0 Å². The molecule has 0 aliphatic carbocycles. The number of rotatable bonds is 4. The summed E-state index contributed by atoms with van der Waals surface area (Å²) in [5.74, 6) is 0.770. The van der Waals surface area contributed by atoms with Crippen molar-refractivity contribution in [1.29, 1.82) is 5.26 Å². The SMILES string of the molecule is CSC(C)CNc1cc(C#N)c2ccccc2n1. The summed E-state index contributed by atoms with van der Waals surface area (Å²) in [5, 5.41) is 13.9. The van der Waals surface area contributed by atoms with E-state index in [1.807, 2.05) is 30.3 Å². The van der Waals surface area contributed by atoms with Gasteiger partial charge >= 0.3 is 0 Å². The molecule has 0 spiro atoms. The van der Waals surface area contributed by atoms with Crippen molar-refractivity contribution in [2.45, 2.75) is 12.2 Å². The summed E-state index contributed by atoms with van der Waals surface area (Å²) in [6.07, 6.45) is 2.08.